The zero-order valence-corrected chi connectivity index (χ0v) is 8.42. The molecule has 0 amide bonds. The Morgan fingerprint density at radius 2 is 2.43 bits per heavy atom. The highest BCUT2D eigenvalue weighted by Crippen LogP contribution is 2.26. The third-order valence-corrected chi connectivity index (χ3v) is 2.35. The van der Waals surface area contributed by atoms with Crippen molar-refractivity contribution in [3.63, 3.8) is 0 Å². The van der Waals surface area contributed by atoms with E-state index in [1.807, 2.05) is 7.05 Å². The predicted molar refractivity (Wildman–Crippen MR) is 58.6 cm³/mol. The van der Waals surface area contributed by atoms with E-state index in [0.717, 1.165) is 25.3 Å². The SMILES string of the molecule is CNCC=Cc1ccc2c(c1)CCO2. The van der Waals surface area contributed by atoms with E-state index in [-0.39, 0.29) is 0 Å². The molecule has 0 aliphatic carbocycles. The zero-order valence-electron chi connectivity index (χ0n) is 8.42. The van der Waals surface area contributed by atoms with Crippen molar-refractivity contribution in [1.82, 2.24) is 5.32 Å². The Morgan fingerprint density at radius 1 is 1.50 bits per heavy atom. The molecule has 74 valence electrons. The number of benzene rings is 1. The Kier molecular flexibility index (Phi) is 2.84. The quantitative estimate of drug-likeness (QED) is 0.783. The summed E-state index contributed by atoms with van der Waals surface area (Å²) in [7, 11) is 1.95. The highest BCUT2D eigenvalue weighted by Gasteiger charge is 2.10. The second-order valence-corrected chi connectivity index (χ2v) is 3.43. The highest BCUT2D eigenvalue weighted by atomic mass is 16.5. The molecule has 2 heteroatoms. The molecule has 1 aliphatic rings. The van der Waals surface area contributed by atoms with Crippen molar-refractivity contribution in [3.05, 3.63) is 35.4 Å². The van der Waals surface area contributed by atoms with E-state index in [4.69, 9.17) is 4.74 Å². The molecule has 1 heterocycles. The monoisotopic (exact) mass is 189 g/mol. The minimum absolute atomic E-state index is 0.832. The molecule has 0 radical (unpaired) electrons. The number of hydrogen-bond donors (Lipinski definition) is 1. The van der Waals surface area contributed by atoms with Gasteiger partial charge in [-0.2, -0.15) is 0 Å². The molecule has 0 spiro atoms. The topological polar surface area (TPSA) is 21.3 Å². The molecule has 1 aromatic carbocycles. The molecule has 0 saturated heterocycles. The van der Waals surface area contributed by atoms with Crippen LogP contribution in [0.1, 0.15) is 11.1 Å². The average molecular weight is 189 g/mol. The average Bonchev–Trinajstić information content (AvgIpc) is 2.65. The van der Waals surface area contributed by atoms with Crippen molar-refractivity contribution >= 4 is 6.08 Å². The van der Waals surface area contributed by atoms with Gasteiger partial charge in [0, 0.05) is 13.0 Å². The van der Waals surface area contributed by atoms with Gasteiger partial charge in [-0.1, -0.05) is 18.2 Å². The summed E-state index contributed by atoms with van der Waals surface area (Å²) in [4.78, 5) is 0. The number of ether oxygens (including phenoxy) is 1. The van der Waals surface area contributed by atoms with Crippen molar-refractivity contribution in [2.75, 3.05) is 20.2 Å². The van der Waals surface area contributed by atoms with Crippen LogP contribution in [-0.4, -0.2) is 20.2 Å². The number of rotatable bonds is 3. The molecule has 0 atom stereocenters. The third-order valence-electron chi connectivity index (χ3n) is 2.35. The van der Waals surface area contributed by atoms with Crippen LogP contribution in [0.15, 0.2) is 24.3 Å². The number of fused-ring (bicyclic) bond motifs is 1. The van der Waals surface area contributed by atoms with E-state index in [9.17, 15) is 0 Å². The summed E-state index contributed by atoms with van der Waals surface area (Å²) in [6, 6.07) is 6.35. The van der Waals surface area contributed by atoms with Gasteiger partial charge in [0.05, 0.1) is 6.61 Å². The third kappa shape index (κ3) is 1.96. The summed E-state index contributed by atoms with van der Waals surface area (Å²) in [5.41, 5.74) is 2.58. The molecular weight excluding hydrogens is 174 g/mol. The Hall–Kier alpha value is -1.28. The summed E-state index contributed by atoms with van der Waals surface area (Å²) in [5.74, 6) is 1.05. The van der Waals surface area contributed by atoms with Gasteiger partial charge in [-0.05, 0) is 30.3 Å². The summed E-state index contributed by atoms with van der Waals surface area (Å²) in [5, 5.41) is 3.08. The molecule has 14 heavy (non-hydrogen) atoms. The summed E-state index contributed by atoms with van der Waals surface area (Å²) < 4.78 is 5.44. The van der Waals surface area contributed by atoms with E-state index in [1.54, 1.807) is 0 Å². The van der Waals surface area contributed by atoms with Gasteiger partial charge in [-0.25, -0.2) is 0 Å². The maximum absolute atomic E-state index is 5.44. The molecule has 0 unspecified atom stereocenters. The molecule has 0 fully saturated rings. The molecule has 2 nitrogen and oxygen atoms in total. The van der Waals surface area contributed by atoms with Crippen LogP contribution in [0.4, 0.5) is 0 Å². The van der Waals surface area contributed by atoms with Crippen molar-refractivity contribution in [2.45, 2.75) is 6.42 Å². The van der Waals surface area contributed by atoms with Crippen LogP contribution >= 0.6 is 0 Å². The highest BCUT2D eigenvalue weighted by molar-refractivity contribution is 5.54. The standard InChI is InChI=1S/C12H15NO/c1-13-7-2-3-10-4-5-12-11(9-10)6-8-14-12/h2-5,9,13H,6-8H2,1H3. The molecule has 0 aromatic heterocycles. The first-order valence-corrected chi connectivity index (χ1v) is 4.97. The fourth-order valence-corrected chi connectivity index (χ4v) is 1.62. The van der Waals surface area contributed by atoms with Crippen LogP contribution in [-0.2, 0) is 6.42 Å². The first-order chi connectivity index (χ1) is 6.90. The predicted octanol–water partition coefficient (Wildman–Crippen LogP) is 1.85. The van der Waals surface area contributed by atoms with E-state index in [1.165, 1.54) is 11.1 Å². The Morgan fingerprint density at radius 3 is 3.29 bits per heavy atom. The van der Waals surface area contributed by atoms with Crippen LogP contribution in [0.3, 0.4) is 0 Å². The van der Waals surface area contributed by atoms with Crippen molar-refractivity contribution in [1.29, 1.82) is 0 Å². The van der Waals surface area contributed by atoms with Gasteiger partial charge in [-0.3, -0.25) is 0 Å². The van der Waals surface area contributed by atoms with E-state index in [0.29, 0.717) is 0 Å². The minimum Gasteiger partial charge on any atom is -0.493 e. The van der Waals surface area contributed by atoms with Crippen molar-refractivity contribution in [2.24, 2.45) is 0 Å². The molecule has 1 N–H and O–H groups in total. The lowest BCUT2D eigenvalue weighted by Gasteiger charge is -1.99. The Bertz CT molecular complexity index is 344. The van der Waals surface area contributed by atoms with Gasteiger partial charge in [-0.15, -0.1) is 0 Å². The van der Waals surface area contributed by atoms with Gasteiger partial charge in [0.2, 0.25) is 0 Å². The maximum atomic E-state index is 5.44. The van der Waals surface area contributed by atoms with E-state index < -0.39 is 0 Å². The second kappa shape index (κ2) is 4.29. The normalized spacial score (nSPS) is 14.4. The molecule has 0 bridgehead atoms. The van der Waals surface area contributed by atoms with Gasteiger partial charge < -0.3 is 10.1 Å². The van der Waals surface area contributed by atoms with Crippen LogP contribution in [0, 0.1) is 0 Å². The first-order valence-electron chi connectivity index (χ1n) is 4.97. The summed E-state index contributed by atoms with van der Waals surface area (Å²) in [6.45, 7) is 1.74. The fraction of sp³-hybridized carbons (Fsp3) is 0.333. The Labute approximate surface area is 84.6 Å². The largest absolute Gasteiger partial charge is 0.493 e. The lowest BCUT2D eigenvalue weighted by Crippen LogP contribution is -2.03. The Balaban J connectivity index is 2.12. The van der Waals surface area contributed by atoms with Crippen LogP contribution in [0.5, 0.6) is 5.75 Å². The zero-order chi connectivity index (χ0) is 9.80. The lowest BCUT2D eigenvalue weighted by molar-refractivity contribution is 0.357. The minimum atomic E-state index is 0.832. The van der Waals surface area contributed by atoms with Crippen LogP contribution < -0.4 is 10.1 Å². The van der Waals surface area contributed by atoms with Crippen LogP contribution in [0.25, 0.3) is 6.08 Å². The fourth-order valence-electron chi connectivity index (χ4n) is 1.62. The van der Waals surface area contributed by atoms with Gasteiger partial charge in [0.1, 0.15) is 5.75 Å². The van der Waals surface area contributed by atoms with Crippen molar-refractivity contribution in [3.8, 4) is 5.75 Å². The molecule has 1 aliphatic heterocycles. The molecule has 0 saturated carbocycles. The van der Waals surface area contributed by atoms with E-state index >= 15 is 0 Å². The summed E-state index contributed by atoms with van der Waals surface area (Å²) >= 11 is 0. The van der Waals surface area contributed by atoms with E-state index in [2.05, 4.69) is 35.7 Å². The molecule has 2 rings (SSSR count). The number of hydrogen-bond acceptors (Lipinski definition) is 2. The molecule has 1 aromatic rings. The number of nitrogens with one attached hydrogen (secondary N) is 1. The number of likely N-dealkylation sites (N-methyl/N-ethyl adjacent to an activating group) is 1. The lowest BCUT2D eigenvalue weighted by atomic mass is 10.1. The second-order valence-electron chi connectivity index (χ2n) is 3.43. The van der Waals surface area contributed by atoms with Gasteiger partial charge >= 0.3 is 0 Å². The van der Waals surface area contributed by atoms with Crippen molar-refractivity contribution < 1.29 is 4.74 Å². The van der Waals surface area contributed by atoms with Crippen LogP contribution in [0.2, 0.25) is 0 Å². The summed E-state index contributed by atoms with van der Waals surface area (Å²) in [6.07, 6.45) is 5.30. The maximum Gasteiger partial charge on any atom is 0.122 e. The van der Waals surface area contributed by atoms with Gasteiger partial charge in [0.25, 0.3) is 0 Å². The van der Waals surface area contributed by atoms with Gasteiger partial charge in [0.15, 0.2) is 0 Å². The first kappa shape index (κ1) is 9.28. The molecular formula is C12H15NO. The smallest absolute Gasteiger partial charge is 0.122 e.